The molecule has 0 amide bonds. The van der Waals surface area contributed by atoms with Gasteiger partial charge in [0, 0.05) is 19.8 Å². The van der Waals surface area contributed by atoms with Gasteiger partial charge in [0.25, 0.3) is 0 Å². The first-order valence-electron chi connectivity index (χ1n) is 13.3. The van der Waals surface area contributed by atoms with Crippen LogP contribution in [0.5, 0.6) is 0 Å². The summed E-state index contributed by atoms with van der Waals surface area (Å²) >= 11 is 0. The van der Waals surface area contributed by atoms with Crippen molar-refractivity contribution in [3.63, 3.8) is 0 Å². The fourth-order valence-corrected chi connectivity index (χ4v) is 4.00. The molecule has 2 N–H and O–H groups in total. The van der Waals surface area contributed by atoms with Gasteiger partial charge in [0.15, 0.2) is 0 Å². The molecule has 0 radical (unpaired) electrons. The largest absolute Gasteiger partial charge is 0.465 e. The number of nitrogens with zero attached hydrogens (tertiary/aromatic N) is 1. The number of esters is 1. The van der Waals surface area contributed by atoms with Crippen LogP contribution in [-0.4, -0.2) is 60.5 Å². The second kappa shape index (κ2) is 24.0. The van der Waals surface area contributed by atoms with Gasteiger partial charge in [-0.2, -0.15) is 0 Å². The van der Waals surface area contributed by atoms with Crippen LogP contribution < -0.4 is 0 Å². The van der Waals surface area contributed by atoms with Crippen LogP contribution in [0.4, 0.5) is 0 Å². The van der Waals surface area contributed by atoms with Gasteiger partial charge in [0.2, 0.25) is 0 Å². The zero-order valence-corrected chi connectivity index (χ0v) is 20.8. The molecule has 186 valence electrons. The van der Waals surface area contributed by atoms with Crippen LogP contribution in [0, 0.1) is 5.92 Å². The number of aliphatic hydroxyl groups excluding tert-OH is 2. The number of aliphatic hydroxyl groups is 2. The standard InChI is InChI=1S/C26H53NO4/c1-3-5-7-9-11-18-25(17-10-8-6-4-2)26(30)31-24-15-13-20-27(21-16-23-29)19-12-14-22-28/h25,28-29H,3-24H2,1-2H3. The van der Waals surface area contributed by atoms with Crippen molar-refractivity contribution in [2.45, 2.75) is 117 Å². The molecule has 0 fully saturated rings. The number of rotatable bonds is 24. The predicted molar refractivity (Wildman–Crippen MR) is 130 cm³/mol. The number of hydrogen-bond acceptors (Lipinski definition) is 5. The number of carbonyl (C=O) groups excluding carboxylic acids is 1. The van der Waals surface area contributed by atoms with E-state index < -0.39 is 0 Å². The lowest BCUT2D eigenvalue weighted by molar-refractivity contribution is -0.149. The van der Waals surface area contributed by atoms with E-state index in [1.54, 1.807) is 0 Å². The first-order chi connectivity index (χ1) is 15.2. The van der Waals surface area contributed by atoms with Gasteiger partial charge < -0.3 is 19.8 Å². The third kappa shape index (κ3) is 19.7. The maximum Gasteiger partial charge on any atom is 0.308 e. The lowest BCUT2D eigenvalue weighted by atomic mass is 9.94. The van der Waals surface area contributed by atoms with Crippen molar-refractivity contribution in [2.24, 2.45) is 5.92 Å². The molecule has 0 saturated heterocycles. The summed E-state index contributed by atoms with van der Waals surface area (Å²) in [5.74, 6) is 0.102. The summed E-state index contributed by atoms with van der Waals surface area (Å²) in [6.45, 7) is 8.23. The fourth-order valence-electron chi connectivity index (χ4n) is 4.00. The van der Waals surface area contributed by atoms with Crippen LogP contribution in [0.3, 0.4) is 0 Å². The highest BCUT2D eigenvalue weighted by atomic mass is 16.5. The smallest absolute Gasteiger partial charge is 0.308 e. The molecular formula is C26H53NO4. The first-order valence-corrected chi connectivity index (χ1v) is 13.3. The van der Waals surface area contributed by atoms with Crippen molar-refractivity contribution >= 4 is 5.97 Å². The monoisotopic (exact) mass is 443 g/mol. The van der Waals surface area contributed by atoms with Crippen molar-refractivity contribution in [1.82, 2.24) is 4.90 Å². The molecule has 0 aliphatic heterocycles. The van der Waals surface area contributed by atoms with Gasteiger partial charge in [-0.25, -0.2) is 0 Å². The lowest BCUT2D eigenvalue weighted by Crippen LogP contribution is -2.28. The molecule has 0 aliphatic carbocycles. The van der Waals surface area contributed by atoms with E-state index >= 15 is 0 Å². The number of ether oxygens (including phenoxy) is 1. The van der Waals surface area contributed by atoms with E-state index in [4.69, 9.17) is 14.9 Å². The number of carbonyl (C=O) groups is 1. The van der Waals surface area contributed by atoms with Crippen molar-refractivity contribution < 1.29 is 19.7 Å². The minimum atomic E-state index is 0.0204. The summed E-state index contributed by atoms with van der Waals surface area (Å²) in [5, 5.41) is 18.0. The molecule has 0 rings (SSSR count). The molecule has 1 unspecified atom stereocenters. The Hall–Kier alpha value is -0.650. The van der Waals surface area contributed by atoms with Gasteiger partial charge in [0.05, 0.1) is 12.5 Å². The Morgan fingerprint density at radius 2 is 1.19 bits per heavy atom. The lowest BCUT2D eigenvalue weighted by Gasteiger charge is -2.22. The Bertz CT molecular complexity index is 378. The van der Waals surface area contributed by atoms with E-state index in [-0.39, 0.29) is 25.1 Å². The van der Waals surface area contributed by atoms with E-state index in [2.05, 4.69) is 18.7 Å². The molecule has 0 aromatic rings. The molecule has 0 saturated carbocycles. The summed E-state index contributed by atoms with van der Waals surface area (Å²) in [6, 6.07) is 0. The number of unbranched alkanes of at least 4 members (excludes halogenated alkanes) is 9. The third-order valence-corrected chi connectivity index (χ3v) is 6.02. The van der Waals surface area contributed by atoms with Crippen LogP contribution in [0.15, 0.2) is 0 Å². The molecule has 5 heteroatoms. The summed E-state index contributed by atoms with van der Waals surface area (Å²) in [7, 11) is 0. The van der Waals surface area contributed by atoms with Gasteiger partial charge in [-0.15, -0.1) is 0 Å². The van der Waals surface area contributed by atoms with Crippen molar-refractivity contribution in [2.75, 3.05) is 39.5 Å². The normalized spacial score (nSPS) is 12.4. The molecule has 0 aliphatic rings. The van der Waals surface area contributed by atoms with Crippen LogP contribution in [0.1, 0.15) is 117 Å². The average Bonchev–Trinajstić information content (AvgIpc) is 2.77. The minimum absolute atomic E-state index is 0.0204. The highest BCUT2D eigenvalue weighted by Crippen LogP contribution is 2.20. The average molecular weight is 444 g/mol. The molecule has 0 bridgehead atoms. The fraction of sp³-hybridized carbons (Fsp3) is 0.962. The second-order valence-corrected chi connectivity index (χ2v) is 8.97. The first kappa shape index (κ1) is 30.4. The molecular weight excluding hydrogens is 390 g/mol. The minimum Gasteiger partial charge on any atom is -0.465 e. The SMILES string of the molecule is CCCCCCCC(CCCCCC)C(=O)OCCCCN(CCCO)CCCCO. The van der Waals surface area contributed by atoms with Gasteiger partial charge in [-0.05, 0) is 58.0 Å². The topological polar surface area (TPSA) is 70.0 Å². The summed E-state index contributed by atoms with van der Waals surface area (Å²) < 4.78 is 5.67. The van der Waals surface area contributed by atoms with E-state index in [9.17, 15) is 4.79 Å². The molecule has 5 nitrogen and oxygen atoms in total. The quantitative estimate of drug-likeness (QED) is 0.148. The van der Waals surface area contributed by atoms with Gasteiger partial charge in [-0.3, -0.25) is 4.79 Å². The van der Waals surface area contributed by atoms with Crippen molar-refractivity contribution in [1.29, 1.82) is 0 Å². The Morgan fingerprint density at radius 3 is 1.77 bits per heavy atom. The Labute approximate surface area is 192 Å². The third-order valence-electron chi connectivity index (χ3n) is 6.02. The van der Waals surface area contributed by atoms with Crippen molar-refractivity contribution in [3.05, 3.63) is 0 Å². The molecule has 1 atom stereocenters. The van der Waals surface area contributed by atoms with Crippen molar-refractivity contribution in [3.8, 4) is 0 Å². The Kier molecular flexibility index (Phi) is 23.5. The van der Waals surface area contributed by atoms with Crippen LogP contribution in [-0.2, 0) is 9.53 Å². The summed E-state index contributed by atoms with van der Waals surface area (Å²) in [6.07, 6.45) is 17.5. The van der Waals surface area contributed by atoms with Gasteiger partial charge in [-0.1, -0.05) is 71.6 Å². The van der Waals surface area contributed by atoms with Gasteiger partial charge in [0.1, 0.15) is 0 Å². The van der Waals surface area contributed by atoms with E-state index in [1.165, 1.54) is 44.9 Å². The van der Waals surface area contributed by atoms with Gasteiger partial charge >= 0.3 is 5.97 Å². The zero-order chi connectivity index (χ0) is 23.0. The Balaban J connectivity index is 4.18. The molecule has 0 aromatic heterocycles. The zero-order valence-electron chi connectivity index (χ0n) is 20.8. The van der Waals surface area contributed by atoms with E-state index in [1.807, 2.05) is 0 Å². The predicted octanol–water partition coefficient (Wildman–Crippen LogP) is 5.71. The second-order valence-electron chi connectivity index (χ2n) is 8.97. The maximum atomic E-state index is 12.7. The van der Waals surface area contributed by atoms with E-state index in [0.717, 1.165) is 77.4 Å². The molecule has 0 aromatic carbocycles. The molecule has 31 heavy (non-hydrogen) atoms. The van der Waals surface area contributed by atoms with Crippen LogP contribution in [0.25, 0.3) is 0 Å². The highest BCUT2D eigenvalue weighted by molar-refractivity contribution is 5.72. The molecule has 0 spiro atoms. The maximum absolute atomic E-state index is 12.7. The van der Waals surface area contributed by atoms with E-state index in [0.29, 0.717) is 6.61 Å². The van der Waals surface area contributed by atoms with Crippen LogP contribution in [0.2, 0.25) is 0 Å². The Morgan fingerprint density at radius 1 is 0.677 bits per heavy atom. The van der Waals surface area contributed by atoms with Crippen LogP contribution >= 0.6 is 0 Å². The summed E-state index contributed by atoms with van der Waals surface area (Å²) in [4.78, 5) is 15.0. The molecule has 0 heterocycles. The highest BCUT2D eigenvalue weighted by Gasteiger charge is 2.19. The number of hydrogen-bond donors (Lipinski definition) is 2. The summed E-state index contributed by atoms with van der Waals surface area (Å²) in [5.41, 5.74) is 0.